The molecule has 2 heterocycles. The van der Waals surface area contributed by atoms with Crippen LogP contribution < -0.4 is 5.73 Å². The van der Waals surface area contributed by atoms with Gasteiger partial charge in [0, 0.05) is 10.9 Å². The zero-order chi connectivity index (χ0) is 13.4. The Morgan fingerprint density at radius 1 is 1.11 bits per heavy atom. The third kappa shape index (κ3) is 2.04. The first-order valence-corrected chi connectivity index (χ1v) is 6.96. The third-order valence-electron chi connectivity index (χ3n) is 3.17. The second-order valence-corrected chi connectivity index (χ2v) is 5.35. The monoisotopic (exact) mass is 270 g/mol. The summed E-state index contributed by atoms with van der Waals surface area (Å²) in [5.74, 6) is 0.365. The highest BCUT2D eigenvalue weighted by Crippen LogP contribution is 2.38. The van der Waals surface area contributed by atoms with Gasteiger partial charge in [-0.25, -0.2) is 0 Å². The molecule has 96 valence electrons. The van der Waals surface area contributed by atoms with Gasteiger partial charge in [0.1, 0.15) is 5.69 Å². The Morgan fingerprint density at radius 3 is 2.47 bits per heavy atom. The first kappa shape index (κ1) is 12.0. The van der Waals surface area contributed by atoms with Gasteiger partial charge >= 0.3 is 0 Å². The van der Waals surface area contributed by atoms with Crippen LogP contribution in [0.1, 0.15) is 11.1 Å². The predicted octanol–water partition coefficient (Wildman–Crippen LogP) is 4.27. The summed E-state index contributed by atoms with van der Waals surface area (Å²) in [6.45, 7) is 4.13. The lowest BCUT2D eigenvalue weighted by atomic mass is 10.00. The molecule has 0 amide bonds. The first-order chi connectivity index (χ1) is 9.16. The second-order valence-electron chi connectivity index (χ2n) is 4.60. The molecule has 0 atom stereocenters. The van der Waals surface area contributed by atoms with E-state index in [2.05, 4.69) is 41.9 Å². The molecule has 0 aliphatic rings. The zero-order valence-electron chi connectivity index (χ0n) is 10.8. The second kappa shape index (κ2) is 4.55. The lowest BCUT2D eigenvalue weighted by molar-refractivity contribution is 0.439. The Morgan fingerprint density at radius 2 is 1.84 bits per heavy atom. The summed E-state index contributed by atoms with van der Waals surface area (Å²) in [4.78, 5) is 0. The normalized spacial score (nSPS) is 10.8. The maximum Gasteiger partial charge on any atom is 0.230 e. The number of aromatic nitrogens is 1. The molecule has 19 heavy (non-hydrogen) atoms. The molecule has 2 N–H and O–H groups in total. The first-order valence-electron chi connectivity index (χ1n) is 6.02. The van der Waals surface area contributed by atoms with Crippen molar-refractivity contribution >= 4 is 17.2 Å². The molecule has 3 nitrogen and oxygen atoms in total. The molecule has 0 saturated heterocycles. The Balaban J connectivity index is 2.19. The maximum absolute atomic E-state index is 5.94. The minimum Gasteiger partial charge on any atom is -0.367 e. The minimum atomic E-state index is 0.365. The maximum atomic E-state index is 5.94. The molecular formula is C15H14N2OS. The molecular weight excluding hydrogens is 256 g/mol. The van der Waals surface area contributed by atoms with E-state index in [0.717, 1.165) is 22.4 Å². The van der Waals surface area contributed by atoms with E-state index in [-0.39, 0.29) is 0 Å². The predicted molar refractivity (Wildman–Crippen MR) is 79.1 cm³/mol. The summed E-state index contributed by atoms with van der Waals surface area (Å²) >= 11 is 1.65. The Labute approximate surface area is 115 Å². The van der Waals surface area contributed by atoms with Crippen LogP contribution in [-0.2, 0) is 0 Å². The summed E-state index contributed by atoms with van der Waals surface area (Å²) in [6.07, 6.45) is 0. The molecule has 0 spiro atoms. The van der Waals surface area contributed by atoms with Gasteiger partial charge in [0.25, 0.3) is 0 Å². The Bertz CT molecular complexity index is 710. The van der Waals surface area contributed by atoms with E-state index >= 15 is 0 Å². The summed E-state index contributed by atoms with van der Waals surface area (Å²) < 4.78 is 5.19. The molecule has 4 heteroatoms. The van der Waals surface area contributed by atoms with Gasteiger partial charge in [0.15, 0.2) is 0 Å². The van der Waals surface area contributed by atoms with Crippen molar-refractivity contribution in [2.45, 2.75) is 13.8 Å². The standard InChI is InChI=1S/C15H14N2OS/c1-9-3-5-11(6-4-9)13-14(17-18-15(13)16)12-8-19-7-10(12)2/h3-8H,16H2,1-2H3. The molecule has 0 saturated carbocycles. The Hall–Kier alpha value is -2.07. The summed E-state index contributed by atoms with van der Waals surface area (Å²) in [5, 5.41) is 8.29. The van der Waals surface area contributed by atoms with E-state index in [1.165, 1.54) is 11.1 Å². The summed E-state index contributed by atoms with van der Waals surface area (Å²) in [6, 6.07) is 8.21. The third-order valence-corrected chi connectivity index (χ3v) is 4.03. The van der Waals surface area contributed by atoms with E-state index in [9.17, 15) is 0 Å². The average Bonchev–Trinajstić information content (AvgIpc) is 2.97. The van der Waals surface area contributed by atoms with Crippen LogP contribution in [0.25, 0.3) is 22.4 Å². The van der Waals surface area contributed by atoms with E-state index in [1.807, 2.05) is 12.1 Å². The van der Waals surface area contributed by atoms with Gasteiger partial charge in [-0.2, -0.15) is 11.3 Å². The minimum absolute atomic E-state index is 0.365. The molecule has 3 aromatic rings. The fourth-order valence-corrected chi connectivity index (χ4v) is 2.92. The van der Waals surface area contributed by atoms with Crippen molar-refractivity contribution in [2.24, 2.45) is 0 Å². The Kier molecular flexibility index (Phi) is 2.87. The van der Waals surface area contributed by atoms with Gasteiger partial charge in [0.2, 0.25) is 5.88 Å². The number of thiophene rings is 1. The molecule has 0 radical (unpaired) electrons. The van der Waals surface area contributed by atoms with Gasteiger partial charge in [0.05, 0.1) is 5.56 Å². The summed E-state index contributed by atoms with van der Waals surface area (Å²) in [5.41, 5.74) is 12.2. The quantitative estimate of drug-likeness (QED) is 0.756. The molecule has 0 aliphatic heterocycles. The van der Waals surface area contributed by atoms with Crippen LogP contribution in [0.4, 0.5) is 5.88 Å². The van der Waals surface area contributed by atoms with Crippen molar-refractivity contribution in [3.05, 3.63) is 46.2 Å². The van der Waals surface area contributed by atoms with Crippen LogP contribution in [0.2, 0.25) is 0 Å². The molecule has 1 aromatic carbocycles. The van der Waals surface area contributed by atoms with Crippen molar-refractivity contribution in [1.29, 1.82) is 0 Å². The van der Waals surface area contributed by atoms with E-state index in [0.29, 0.717) is 5.88 Å². The van der Waals surface area contributed by atoms with Crippen molar-refractivity contribution in [1.82, 2.24) is 5.16 Å². The number of nitrogens with zero attached hydrogens (tertiary/aromatic N) is 1. The number of anilines is 1. The van der Waals surface area contributed by atoms with Crippen LogP contribution in [-0.4, -0.2) is 5.16 Å². The van der Waals surface area contributed by atoms with Gasteiger partial charge < -0.3 is 10.3 Å². The highest BCUT2D eigenvalue weighted by Gasteiger charge is 2.18. The van der Waals surface area contributed by atoms with Crippen molar-refractivity contribution in [3.63, 3.8) is 0 Å². The van der Waals surface area contributed by atoms with Gasteiger partial charge in [-0.05, 0) is 30.4 Å². The molecule has 0 fully saturated rings. The number of nitrogens with two attached hydrogens (primary N) is 1. The molecule has 3 rings (SSSR count). The lowest BCUT2D eigenvalue weighted by Gasteiger charge is -2.03. The van der Waals surface area contributed by atoms with Crippen LogP contribution in [0, 0.1) is 13.8 Å². The number of nitrogen functional groups attached to an aromatic ring is 1. The summed E-state index contributed by atoms with van der Waals surface area (Å²) in [7, 11) is 0. The zero-order valence-corrected chi connectivity index (χ0v) is 11.6. The van der Waals surface area contributed by atoms with Crippen LogP contribution in [0.3, 0.4) is 0 Å². The van der Waals surface area contributed by atoms with Crippen molar-refractivity contribution < 1.29 is 4.52 Å². The molecule has 2 aromatic heterocycles. The average molecular weight is 270 g/mol. The van der Waals surface area contributed by atoms with E-state index in [1.54, 1.807) is 11.3 Å². The highest BCUT2D eigenvalue weighted by atomic mass is 32.1. The van der Waals surface area contributed by atoms with E-state index < -0.39 is 0 Å². The molecule has 0 aliphatic carbocycles. The number of aryl methyl sites for hydroxylation is 2. The SMILES string of the molecule is Cc1ccc(-c2c(-c3cscc3C)noc2N)cc1. The largest absolute Gasteiger partial charge is 0.367 e. The van der Waals surface area contributed by atoms with Gasteiger partial charge in [-0.1, -0.05) is 35.0 Å². The number of hydrogen-bond donors (Lipinski definition) is 1. The van der Waals surface area contributed by atoms with Crippen LogP contribution in [0.15, 0.2) is 39.5 Å². The number of rotatable bonds is 2. The van der Waals surface area contributed by atoms with Gasteiger partial charge in [-0.15, -0.1) is 0 Å². The van der Waals surface area contributed by atoms with Crippen LogP contribution >= 0.6 is 11.3 Å². The van der Waals surface area contributed by atoms with Crippen LogP contribution in [0.5, 0.6) is 0 Å². The van der Waals surface area contributed by atoms with Gasteiger partial charge in [-0.3, -0.25) is 0 Å². The number of benzene rings is 1. The number of hydrogen-bond acceptors (Lipinski definition) is 4. The fourth-order valence-electron chi connectivity index (χ4n) is 2.09. The van der Waals surface area contributed by atoms with E-state index in [4.69, 9.17) is 10.3 Å². The highest BCUT2D eigenvalue weighted by molar-refractivity contribution is 7.08. The smallest absolute Gasteiger partial charge is 0.230 e. The van der Waals surface area contributed by atoms with Crippen molar-refractivity contribution in [3.8, 4) is 22.4 Å². The molecule has 0 bridgehead atoms. The topological polar surface area (TPSA) is 52.0 Å². The lowest BCUT2D eigenvalue weighted by Crippen LogP contribution is -1.88. The van der Waals surface area contributed by atoms with Crippen molar-refractivity contribution in [2.75, 3.05) is 5.73 Å². The molecule has 0 unspecified atom stereocenters. The fraction of sp³-hybridized carbons (Fsp3) is 0.133.